The summed E-state index contributed by atoms with van der Waals surface area (Å²) in [6.45, 7) is 11.3. The molecule has 0 saturated heterocycles. The van der Waals surface area contributed by atoms with Crippen molar-refractivity contribution in [3.05, 3.63) is 56.0 Å². The maximum absolute atomic E-state index is 13.8. The fraction of sp³-hybridized carbons (Fsp3) is 0.385. The Morgan fingerprint density at radius 2 is 1.90 bits per heavy atom. The van der Waals surface area contributed by atoms with Gasteiger partial charge in [-0.1, -0.05) is 25.2 Å². The number of anilines is 1. The third-order valence-electron chi connectivity index (χ3n) is 5.62. The van der Waals surface area contributed by atoms with E-state index in [1.807, 2.05) is 13.8 Å². The first-order valence-corrected chi connectivity index (χ1v) is 13.0. The van der Waals surface area contributed by atoms with E-state index >= 15 is 0 Å². The number of aryl methyl sites for hydroxylation is 1. The van der Waals surface area contributed by atoms with Crippen molar-refractivity contribution in [2.75, 3.05) is 5.43 Å². The number of thiophene rings is 1. The molecule has 0 fully saturated rings. The number of phenolic OH excluding ortho intramolecular Hbond substituents is 1. The highest BCUT2D eigenvalue weighted by molar-refractivity contribution is 7.22. The molecule has 13 heteroatoms. The Bertz CT molecular complexity index is 1550. The number of nitrogens with zero attached hydrogens (tertiary/aromatic N) is 3. The number of carbonyl (C=O) groups excluding carboxylic acids is 2. The maximum atomic E-state index is 13.8. The number of Topliss-reactive ketones (excluding diaryl/α,β-unsaturated/α-hetero) is 1. The van der Waals surface area contributed by atoms with Gasteiger partial charge in [0.05, 0.1) is 23.7 Å². The molecule has 0 radical (unpaired) electrons. The summed E-state index contributed by atoms with van der Waals surface area (Å²) in [4.78, 5) is 53.6. The molecule has 0 unspecified atom stereocenters. The van der Waals surface area contributed by atoms with Crippen LogP contribution in [0.5, 0.6) is 5.75 Å². The molecule has 0 aliphatic carbocycles. The van der Waals surface area contributed by atoms with Gasteiger partial charge in [-0.15, -0.1) is 0 Å². The molecule has 3 aromatic rings. The van der Waals surface area contributed by atoms with E-state index in [1.54, 1.807) is 20.8 Å². The smallest absolute Gasteiger partial charge is 0.333 e. The number of halogens is 1. The minimum absolute atomic E-state index is 0.0823. The van der Waals surface area contributed by atoms with E-state index in [0.29, 0.717) is 10.6 Å². The molecule has 4 N–H and O–H groups in total. The number of amides is 1. The first-order valence-electron chi connectivity index (χ1n) is 12.2. The van der Waals surface area contributed by atoms with Crippen LogP contribution in [0.3, 0.4) is 0 Å². The summed E-state index contributed by atoms with van der Waals surface area (Å²) in [7, 11) is 0. The lowest BCUT2D eigenvalue weighted by Crippen LogP contribution is -2.56. The molecular weight excluding hydrogens is 527 g/mol. The zero-order valence-corrected chi connectivity index (χ0v) is 23.7. The first kappa shape index (κ1) is 31.1. The van der Waals surface area contributed by atoms with Gasteiger partial charge in [0.15, 0.2) is 5.78 Å². The highest BCUT2D eigenvalue weighted by atomic mass is 32.1. The Morgan fingerprint density at radius 3 is 2.49 bits per heavy atom. The minimum Gasteiger partial charge on any atom is -0.507 e. The molecule has 3 rings (SSSR count). The van der Waals surface area contributed by atoms with Gasteiger partial charge in [-0.3, -0.25) is 24.4 Å². The summed E-state index contributed by atoms with van der Waals surface area (Å²) in [6, 6.07) is 2.60. The number of hydrogen-bond donors (Lipinski definition) is 4. The predicted molar refractivity (Wildman–Crippen MR) is 152 cm³/mol. The molecule has 0 bridgehead atoms. The Morgan fingerprint density at radius 1 is 1.26 bits per heavy atom. The van der Waals surface area contributed by atoms with Crippen LogP contribution in [0, 0.1) is 18.2 Å². The van der Waals surface area contributed by atoms with Gasteiger partial charge in [0.25, 0.3) is 5.56 Å². The van der Waals surface area contributed by atoms with Crippen molar-refractivity contribution in [3.8, 4) is 5.75 Å². The van der Waals surface area contributed by atoms with Gasteiger partial charge in [0.1, 0.15) is 26.9 Å². The summed E-state index contributed by atoms with van der Waals surface area (Å²) < 4.78 is 15.6. The number of rotatable bonds is 9. The van der Waals surface area contributed by atoms with Crippen LogP contribution in [0.4, 0.5) is 9.39 Å². The molecule has 11 nitrogen and oxygen atoms in total. The monoisotopic (exact) mass is 560 g/mol. The summed E-state index contributed by atoms with van der Waals surface area (Å²) >= 11 is 0.973. The Balaban J connectivity index is 0.00000260. The SMILES string of the molecule is CC.Cc1c(N/N=C\C=N)sc2c1c(=O)n(C(C)(C)C(=O)NC(C)C)c(=O)n2CC(=O)c1cc(F)ccc1O. The van der Waals surface area contributed by atoms with Crippen LogP contribution in [-0.2, 0) is 16.9 Å². The van der Waals surface area contributed by atoms with E-state index in [9.17, 15) is 28.7 Å². The molecule has 1 amide bonds. The highest BCUT2D eigenvalue weighted by Crippen LogP contribution is 2.33. The van der Waals surface area contributed by atoms with Crippen molar-refractivity contribution in [1.29, 1.82) is 5.41 Å². The van der Waals surface area contributed by atoms with Gasteiger partial charge in [-0.2, -0.15) is 5.10 Å². The van der Waals surface area contributed by atoms with Gasteiger partial charge in [-0.05, 0) is 52.8 Å². The molecule has 0 aliphatic heterocycles. The number of benzene rings is 1. The number of fused-ring (bicyclic) bond motifs is 1. The van der Waals surface area contributed by atoms with E-state index < -0.39 is 46.6 Å². The van der Waals surface area contributed by atoms with E-state index in [0.717, 1.165) is 44.9 Å². The normalized spacial score (nSPS) is 11.4. The van der Waals surface area contributed by atoms with Crippen LogP contribution < -0.4 is 22.0 Å². The van der Waals surface area contributed by atoms with Crippen molar-refractivity contribution in [3.63, 3.8) is 0 Å². The second kappa shape index (κ2) is 12.6. The molecule has 0 aliphatic rings. The molecule has 0 spiro atoms. The largest absolute Gasteiger partial charge is 0.507 e. The topological polar surface area (TPSA) is 159 Å². The van der Waals surface area contributed by atoms with E-state index in [1.165, 1.54) is 20.1 Å². The summed E-state index contributed by atoms with van der Waals surface area (Å²) in [5, 5.41) is 24.2. The lowest BCUT2D eigenvalue weighted by molar-refractivity contribution is -0.129. The molecule has 210 valence electrons. The highest BCUT2D eigenvalue weighted by Gasteiger charge is 2.36. The standard InChI is InChI=1S/C24H27FN6O5S.C2H6/c1-12(2)28-22(35)24(4,5)31-20(34)18-13(3)19(29-27-9-8-26)37-21(18)30(23(31)36)11-17(33)15-10-14(25)6-7-16(15)32;1-2/h6-10,12,26,29,32H,11H2,1-5H3,(H,28,35);1-2H3/b26-8?,27-9-;. The third kappa shape index (κ3) is 6.30. The second-order valence-corrected chi connectivity index (χ2v) is 10.1. The molecule has 0 atom stereocenters. The zero-order valence-electron chi connectivity index (χ0n) is 22.9. The maximum Gasteiger partial charge on any atom is 0.333 e. The van der Waals surface area contributed by atoms with Crippen molar-refractivity contribution in [1.82, 2.24) is 14.5 Å². The number of hydrazone groups is 1. The average molecular weight is 561 g/mol. The number of phenols is 1. The number of aromatic nitrogens is 2. The van der Waals surface area contributed by atoms with E-state index in [4.69, 9.17) is 5.41 Å². The van der Waals surface area contributed by atoms with Gasteiger partial charge < -0.3 is 15.8 Å². The number of nitrogens with one attached hydrogen (secondary N) is 3. The average Bonchev–Trinajstić information content (AvgIpc) is 3.20. The van der Waals surface area contributed by atoms with Gasteiger partial charge in [-0.25, -0.2) is 13.8 Å². The Hall–Kier alpha value is -4.13. The predicted octanol–water partition coefficient (Wildman–Crippen LogP) is 3.59. The molecule has 39 heavy (non-hydrogen) atoms. The van der Waals surface area contributed by atoms with Crippen LogP contribution in [0.25, 0.3) is 10.2 Å². The quantitative estimate of drug-likeness (QED) is 0.178. The summed E-state index contributed by atoms with van der Waals surface area (Å²) in [5.74, 6) is -2.58. The van der Waals surface area contributed by atoms with Crippen molar-refractivity contribution >= 4 is 50.7 Å². The number of ketones is 1. The van der Waals surface area contributed by atoms with Crippen molar-refractivity contribution < 1.29 is 19.1 Å². The third-order valence-corrected chi connectivity index (χ3v) is 6.84. The fourth-order valence-corrected chi connectivity index (χ4v) is 4.86. The lowest BCUT2D eigenvalue weighted by Gasteiger charge is -2.27. The van der Waals surface area contributed by atoms with Gasteiger partial charge >= 0.3 is 5.69 Å². The van der Waals surface area contributed by atoms with Crippen LogP contribution in [0.2, 0.25) is 0 Å². The van der Waals surface area contributed by atoms with Crippen LogP contribution in [0.1, 0.15) is 57.5 Å². The van der Waals surface area contributed by atoms with Crippen molar-refractivity contribution in [2.24, 2.45) is 5.10 Å². The van der Waals surface area contributed by atoms with Gasteiger partial charge in [0, 0.05) is 17.8 Å². The summed E-state index contributed by atoms with van der Waals surface area (Å²) in [6.07, 6.45) is 2.11. The summed E-state index contributed by atoms with van der Waals surface area (Å²) in [5.41, 5.74) is -0.525. The van der Waals surface area contributed by atoms with Crippen LogP contribution in [-0.4, -0.2) is 44.4 Å². The first-order chi connectivity index (χ1) is 18.3. The van der Waals surface area contributed by atoms with Crippen molar-refractivity contribution in [2.45, 2.75) is 66.6 Å². The molecule has 2 aromatic heterocycles. The second-order valence-electron chi connectivity index (χ2n) is 9.07. The molecular formula is C26H33FN6O5S. The number of aromatic hydroxyl groups is 1. The molecule has 1 aromatic carbocycles. The van der Waals surface area contributed by atoms with E-state index in [-0.39, 0.29) is 21.8 Å². The molecule has 2 heterocycles. The Kier molecular flexibility index (Phi) is 10.1. The van der Waals surface area contributed by atoms with Crippen LogP contribution in [0.15, 0.2) is 32.9 Å². The number of carbonyl (C=O) groups is 2. The van der Waals surface area contributed by atoms with Crippen LogP contribution >= 0.6 is 11.3 Å². The Labute approximate surface area is 228 Å². The molecule has 0 saturated carbocycles. The minimum atomic E-state index is -1.64. The van der Waals surface area contributed by atoms with E-state index in [2.05, 4.69) is 15.8 Å². The zero-order chi connectivity index (χ0) is 29.7. The lowest BCUT2D eigenvalue weighted by atomic mass is 10.0. The fourth-order valence-electron chi connectivity index (χ4n) is 3.72. The van der Waals surface area contributed by atoms with Gasteiger partial charge in [0.2, 0.25) is 5.91 Å². The number of hydrogen-bond acceptors (Lipinski definition) is 9.